The third-order valence-electron chi connectivity index (χ3n) is 3.74. The van der Waals surface area contributed by atoms with Crippen molar-refractivity contribution >= 4 is 16.8 Å². The summed E-state index contributed by atoms with van der Waals surface area (Å²) >= 11 is 0. The van der Waals surface area contributed by atoms with Gasteiger partial charge in [-0.05, 0) is 23.8 Å². The van der Waals surface area contributed by atoms with Crippen LogP contribution in [0.25, 0.3) is 10.9 Å². The molecule has 1 fully saturated rings. The zero-order chi connectivity index (χ0) is 13.9. The summed E-state index contributed by atoms with van der Waals surface area (Å²) in [4.78, 5) is 17.9. The molecule has 3 N–H and O–H groups in total. The van der Waals surface area contributed by atoms with E-state index in [2.05, 4.69) is 33.4 Å². The number of nitrogens with zero attached hydrogens (tertiary/aromatic N) is 2. The van der Waals surface area contributed by atoms with Crippen LogP contribution in [0.4, 0.5) is 0 Å². The van der Waals surface area contributed by atoms with E-state index in [1.54, 1.807) is 6.20 Å². The molecule has 1 aliphatic heterocycles. The lowest BCUT2D eigenvalue weighted by atomic mass is 10.1. The maximum Gasteiger partial charge on any atom is 0.236 e. The minimum absolute atomic E-state index is 0.228. The molecule has 1 saturated heterocycles. The van der Waals surface area contributed by atoms with Crippen molar-refractivity contribution in [2.24, 2.45) is 5.73 Å². The number of carbonyl (C=O) groups is 1. The van der Waals surface area contributed by atoms with Crippen molar-refractivity contribution in [3.8, 4) is 0 Å². The average Bonchev–Trinajstić information content (AvgIpc) is 2.47. The monoisotopic (exact) mass is 270 g/mol. The van der Waals surface area contributed by atoms with E-state index in [-0.39, 0.29) is 11.9 Å². The molecule has 20 heavy (non-hydrogen) atoms. The van der Waals surface area contributed by atoms with Gasteiger partial charge in [0.05, 0.1) is 5.52 Å². The lowest BCUT2D eigenvalue weighted by molar-refractivity contribution is -0.124. The summed E-state index contributed by atoms with van der Waals surface area (Å²) in [6.45, 7) is 3.09. The molecular formula is C15H18N4O. The maximum atomic E-state index is 11.5. The second kappa shape index (κ2) is 5.56. The summed E-state index contributed by atoms with van der Waals surface area (Å²) in [6, 6.07) is 9.97. The topological polar surface area (TPSA) is 71.2 Å². The second-order valence-electron chi connectivity index (χ2n) is 5.12. The molecule has 3 rings (SSSR count). The quantitative estimate of drug-likeness (QED) is 0.851. The number of nitrogens with two attached hydrogens (primary N) is 1. The normalized spacial score (nSPS) is 20.1. The first kappa shape index (κ1) is 13.0. The number of primary amides is 1. The molecule has 0 bridgehead atoms. The first-order valence-corrected chi connectivity index (χ1v) is 6.82. The lowest BCUT2D eigenvalue weighted by Gasteiger charge is -2.34. The predicted molar refractivity (Wildman–Crippen MR) is 78.0 cm³/mol. The van der Waals surface area contributed by atoms with Crippen LogP contribution in [0.2, 0.25) is 0 Å². The second-order valence-corrected chi connectivity index (χ2v) is 5.12. The molecule has 1 unspecified atom stereocenters. The van der Waals surface area contributed by atoms with Gasteiger partial charge < -0.3 is 11.1 Å². The number of hydrogen-bond acceptors (Lipinski definition) is 4. The van der Waals surface area contributed by atoms with Crippen LogP contribution >= 0.6 is 0 Å². The van der Waals surface area contributed by atoms with Gasteiger partial charge >= 0.3 is 0 Å². The molecule has 0 aliphatic carbocycles. The fourth-order valence-electron chi connectivity index (χ4n) is 2.67. The lowest BCUT2D eigenvalue weighted by Crippen LogP contribution is -2.56. The number of benzene rings is 1. The Morgan fingerprint density at radius 2 is 2.35 bits per heavy atom. The standard InChI is InChI=1S/C15H18N4O/c16-15(20)14-9-17-6-7-19(14)10-11-3-4-13-12(8-11)2-1-5-18-13/h1-5,8,14,17H,6-7,9-10H2,(H2,16,20). The number of fused-ring (bicyclic) bond motifs is 1. The van der Waals surface area contributed by atoms with Gasteiger partial charge in [-0.1, -0.05) is 12.1 Å². The smallest absolute Gasteiger partial charge is 0.236 e. The highest BCUT2D eigenvalue weighted by molar-refractivity contribution is 5.80. The van der Waals surface area contributed by atoms with E-state index >= 15 is 0 Å². The van der Waals surface area contributed by atoms with E-state index in [9.17, 15) is 4.79 Å². The molecule has 5 heteroatoms. The Labute approximate surface area is 117 Å². The molecule has 2 heterocycles. The van der Waals surface area contributed by atoms with Crippen molar-refractivity contribution in [1.82, 2.24) is 15.2 Å². The van der Waals surface area contributed by atoms with E-state index < -0.39 is 0 Å². The number of nitrogens with one attached hydrogen (secondary N) is 1. The van der Waals surface area contributed by atoms with Crippen LogP contribution in [0, 0.1) is 0 Å². The number of piperazine rings is 1. The van der Waals surface area contributed by atoms with Gasteiger partial charge in [0.25, 0.3) is 0 Å². The van der Waals surface area contributed by atoms with Crippen molar-refractivity contribution in [2.45, 2.75) is 12.6 Å². The maximum absolute atomic E-state index is 11.5. The van der Waals surface area contributed by atoms with Gasteiger partial charge in [0.15, 0.2) is 0 Å². The fraction of sp³-hybridized carbons (Fsp3) is 0.333. The van der Waals surface area contributed by atoms with Crippen molar-refractivity contribution < 1.29 is 4.79 Å². The van der Waals surface area contributed by atoms with Crippen LogP contribution < -0.4 is 11.1 Å². The molecule has 0 spiro atoms. The van der Waals surface area contributed by atoms with E-state index in [0.29, 0.717) is 6.54 Å². The highest BCUT2D eigenvalue weighted by Gasteiger charge is 2.26. The van der Waals surface area contributed by atoms with E-state index in [1.165, 1.54) is 5.56 Å². The molecule has 1 amide bonds. The van der Waals surface area contributed by atoms with E-state index in [1.807, 2.05) is 12.1 Å². The number of aromatic nitrogens is 1. The van der Waals surface area contributed by atoms with E-state index in [4.69, 9.17) is 5.73 Å². The summed E-state index contributed by atoms with van der Waals surface area (Å²) in [5.74, 6) is -0.264. The van der Waals surface area contributed by atoms with Gasteiger partial charge in [-0.3, -0.25) is 14.7 Å². The van der Waals surface area contributed by atoms with Crippen molar-refractivity contribution in [3.63, 3.8) is 0 Å². The molecule has 104 valence electrons. The summed E-state index contributed by atoms with van der Waals surface area (Å²) in [5.41, 5.74) is 7.64. The molecule has 0 saturated carbocycles. The number of carbonyl (C=O) groups excluding carboxylic acids is 1. The Bertz CT molecular complexity index is 628. The molecule has 1 aromatic heterocycles. The molecular weight excluding hydrogens is 252 g/mol. The van der Waals surface area contributed by atoms with Crippen LogP contribution in [-0.2, 0) is 11.3 Å². The number of rotatable bonds is 3. The SMILES string of the molecule is NC(=O)C1CNCCN1Cc1ccc2ncccc2c1. The molecule has 2 aromatic rings. The highest BCUT2D eigenvalue weighted by atomic mass is 16.1. The van der Waals surface area contributed by atoms with Gasteiger partial charge in [0.1, 0.15) is 6.04 Å². The molecule has 1 atom stereocenters. The average molecular weight is 270 g/mol. The van der Waals surface area contributed by atoms with Crippen LogP contribution in [0.1, 0.15) is 5.56 Å². The Kier molecular flexibility index (Phi) is 3.62. The molecule has 0 radical (unpaired) electrons. The Balaban J connectivity index is 1.82. The van der Waals surface area contributed by atoms with Gasteiger partial charge in [-0.2, -0.15) is 0 Å². The fourth-order valence-corrected chi connectivity index (χ4v) is 2.67. The minimum atomic E-state index is -0.264. The summed E-state index contributed by atoms with van der Waals surface area (Å²) in [6.07, 6.45) is 1.79. The largest absolute Gasteiger partial charge is 0.368 e. The predicted octanol–water partition coefficient (Wildman–Crippen LogP) is 0.494. The number of hydrogen-bond donors (Lipinski definition) is 2. The van der Waals surface area contributed by atoms with Crippen LogP contribution in [0.5, 0.6) is 0 Å². The van der Waals surface area contributed by atoms with Crippen LogP contribution in [-0.4, -0.2) is 41.5 Å². The van der Waals surface area contributed by atoms with E-state index in [0.717, 1.165) is 30.5 Å². The Morgan fingerprint density at radius 1 is 1.45 bits per heavy atom. The first-order valence-electron chi connectivity index (χ1n) is 6.82. The van der Waals surface area contributed by atoms with Gasteiger partial charge in [-0.15, -0.1) is 0 Å². The zero-order valence-corrected chi connectivity index (χ0v) is 11.2. The number of pyridine rings is 1. The summed E-state index contributed by atoms with van der Waals surface area (Å²) in [5, 5.41) is 4.33. The van der Waals surface area contributed by atoms with Gasteiger partial charge in [-0.25, -0.2) is 0 Å². The van der Waals surface area contributed by atoms with Crippen LogP contribution in [0.15, 0.2) is 36.5 Å². The third-order valence-corrected chi connectivity index (χ3v) is 3.74. The van der Waals surface area contributed by atoms with Gasteiger partial charge in [0.2, 0.25) is 5.91 Å². The Morgan fingerprint density at radius 3 is 3.20 bits per heavy atom. The minimum Gasteiger partial charge on any atom is -0.368 e. The van der Waals surface area contributed by atoms with Crippen LogP contribution in [0.3, 0.4) is 0 Å². The van der Waals surface area contributed by atoms with Gasteiger partial charge in [0, 0.05) is 37.8 Å². The van der Waals surface area contributed by atoms with Crippen molar-refractivity contribution in [1.29, 1.82) is 0 Å². The summed E-state index contributed by atoms with van der Waals surface area (Å²) < 4.78 is 0. The van der Waals surface area contributed by atoms with Crippen molar-refractivity contribution in [2.75, 3.05) is 19.6 Å². The molecule has 1 aliphatic rings. The first-order chi connectivity index (χ1) is 9.74. The number of amides is 1. The highest BCUT2D eigenvalue weighted by Crippen LogP contribution is 2.16. The Hall–Kier alpha value is -1.98. The molecule has 1 aromatic carbocycles. The zero-order valence-electron chi connectivity index (χ0n) is 11.2. The summed E-state index contributed by atoms with van der Waals surface area (Å²) in [7, 11) is 0. The molecule has 5 nitrogen and oxygen atoms in total. The third kappa shape index (κ3) is 2.64. The van der Waals surface area contributed by atoms with Crippen molar-refractivity contribution in [3.05, 3.63) is 42.1 Å².